The van der Waals surface area contributed by atoms with Crippen LogP contribution < -0.4 is 15.5 Å². The first kappa shape index (κ1) is 23.1. The van der Waals surface area contributed by atoms with E-state index in [1.54, 1.807) is 0 Å². The maximum absolute atomic E-state index is 12.6. The third-order valence-electron chi connectivity index (χ3n) is 6.39. The Bertz CT molecular complexity index is 942. The van der Waals surface area contributed by atoms with E-state index in [0.29, 0.717) is 19.0 Å². The lowest BCUT2D eigenvalue weighted by Crippen LogP contribution is -2.49. The number of piperidine rings is 1. The monoisotopic (exact) mass is 448 g/mol. The first-order chi connectivity index (χ1) is 16.1. The fourth-order valence-electron chi connectivity index (χ4n) is 4.56. The average Bonchev–Trinajstić information content (AvgIpc) is 3.27. The number of aryl methyl sites for hydroxylation is 1. The zero-order chi connectivity index (χ0) is 23.0. The summed E-state index contributed by atoms with van der Waals surface area (Å²) in [5, 5.41) is 6.94. The fraction of sp³-hybridized carbons (Fsp3) is 0.500. The molecule has 1 aromatic carbocycles. The SMILES string of the molecule is CCNC(=NCCCC(=O)N1Cc2ccccc2C1)NC1CCN(c2cccc(C)n2)CC1. The van der Waals surface area contributed by atoms with Crippen LogP contribution in [-0.4, -0.2) is 54.0 Å². The lowest BCUT2D eigenvalue weighted by Gasteiger charge is -2.34. The van der Waals surface area contributed by atoms with Gasteiger partial charge >= 0.3 is 0 Å². The summed E-state index contributed by atoms with van der Waals surface area (Å²) in [5.74, 6) is 2.14. The molecule has 176 valence electrons. The van der Waals surface area contributed by atoms with Crippen LogP contribution in [0.5, 0.6) is 0 Å². The third-order valence-corrected chi connectivity index (χ3v) is 6.39. The molecule has 7 nitrogen and oxygen atoms in total. The molecule has 2 N–H and O–H groups in total. The summed E-state index contributed by atoms with van der Waals surface area (Å²) >= 11 is 0. The van der Waals surface area contributed by atoms with Gasteiger partial charge in [0.15, 0.2) is 5.96 Å². The van der Waals surface area contributed by atoms with Gasteiger partial charge in [0.25, 0.3) is 0 Å². The molecular formula is C26H36N6O. The fourth-order valence-corrected chi connectivity index (χ4v) is 4.56. The van der Waals surface area contributed by atoms with Crippen LogP contribution in [0.1, 0.15) is 49.4 Å². The molecule has 0 atom stereocenters. The van der Waals surface area contributed by atoms with E-state index in [1.165, 1.54) is 11.1 Å². The Labute approximate surface area is 197 Å². The number of pyridine rings is 1. The van der Waals surface area contributed by atoms with E-state index < -0.39 is 0 Å². The minimum absolute atomic E-state index is 0.219. The molecular weight excluding hydrogens is 412 g/mol. The number of aromatic nitrogens is 1. The number of nitrogens with one attached hydrogen (secondary N) is 2. The van der Waals surface area contributed by atoms with Crippen molar-refractivity contribution < 1.29 is 4.79 Å². The van der Waals surface area contributed by atoms with E-state index in [2.05, 4.69) is 51.7 Å². The number of fused-ring (bicyclic) bond motifs is 1. The molecule has 33 heavy (non-hydrogen) atoms. The number of anilines is 1. The lowest BCUT2D eigenvalue weighted by molar-refractivity contribution is -0.131. The van der Waals surface area contributed by atoms with Gasteiger partial charge in [-0.05, 0) is 56.4 Å². The maximum atomic E-state index is 12.6. The number of carbonyl (C=O) groups excluding carboxylic acids is 1. The predicted molar refractivity (Wildman–Crippen MR) is 133 cm³/mol. The normalized spacial score (nSPS) is 16.6. The van der Waals surface area contributed by atoms with Gasteiger partial charge in [-0.15, -0.1) is 0 Å². The summed E-state index contributed by atoms with van der Waals surface area (Å²) in [7, 11) is 0. The lowest BCUT2D eigenvalue weighted by atomic mass is 10.1. The third kappa shape index (κ3) is 6.24. The van der Waals surface area contributed by atoms with E-state index in [0.717, 1.165) is 69.5 Å². The van der Waals surface area contributed by atoms with Crippen LogP contribution in [0.25, 0.3) is 0 Å². The number of guanidine groups is 1. The number of hydrogen-bond acceptors (Lipinski definition) is 4. The van der Waals surface area contributed by atoms with Crippen molar-refractivity contribution in [1.82, 2.24) is 20.5 Å². The van der Waals surface area contributed by atoms with Crippen molar-refractivity contribution in [2.45, 2.75) is 58.7 Å². The van der Waals surface area contributed by atoms with Gasteiger partial charge in [0.05, 0.1) is 0 Å². The van der Waals surface area contributed by atoms with Crippen molar-refractivity contribution in [1.29, 1.82) is 0 Å². The minimum atomic E-state index is 0.219. The van der Waals surface area contributed by atoms with Crippen molar-refractivity contribution in [2.24, 2.45) is 4.99 Å². The molecule has 0 bridgehead atoms. The Hall–Kier alpha value is -3.09. The molecule has 1 aromatic heterocycles. The number of amides is 1. The summed E-state index contributed by atoms with van der Waals surface area (Å²) in [6, 6.07) is 14.9. The second kappa shape index (κ2) is 11.2. The largest absolute Gasteiger partial charge is 0.357 e. The molecule has 0 radical (unpaired) electrons. The Kier molecular flexibility index (Phi) is 7.81. The summed E-state index contributed by atoms with van der Waals surface area (Å²) in [4.78, 5) is 26.3. The Morgan fingerprint density at radius 1 is 1.09 bits per heavy atom. The molecule has 2 aromatic rings. The zero-order valence-corrected chi connectivity index (χ0v) is 19.9. The van der Waals surface area contributed by atoms with Gasteiger partial charge < -0.3 is 20.4 Å². The number of benzene rings is 1. The zero-order valence-electron chi connectivity index (χ0n) is 19.9. The van der Waals surface area contributed by atoms with E-state index >= 15 is 0 Å². The average molecular weight is 449 g/mol. The van der Waals surface area contributed by atoms with Crippen LogP contribution in [-0.2, 0) is 17.9 Å². The maximum Gasteiger partial charge on any atom is 0.223 e. The topological polar surface area (TPSA) is 72.9 Å². The minimum Gasteiger partial charge on any atom is -0.357 e. The molecule has 4 rings (SSSR count). The van der Waals surface area contributed by atoms with Gasteiger partial charge in [0.2, 0.25) is 5.91 Å². The Morgan fingerprint density at radius 2 is 1.82 bits per heavy atom. The van der Waals surface area contributed by atoms with E-state index in [9.17, 15) is 4.79 Å². The Morgan fingerprint density at radius 3 is 2.48 bits per heavy atom. The number of aliphatic imine (C=N–C) groups is 1. The highest BCUT2D eigenvalue weighted by atomic mass is 16.2. The molecule has 1 amide bonds. The van der Waals surface area contributed by atoms with Crippen molar-refractivity contribution >= 4 is 17.7 Å². The van der Waals surface area contributed by atoms with Gasteiger partial charge in [0.1, 0.15) is 5.82 Å². The van der Waals surface area contributed by atoms with Crippen molar-refractivity contribution in [3.63, 3.8) is 0 Å². The predicted octanol–water partition coefficient (Wildman–Crippen LogP) is 3.24. The van der Waals surface area contributed by atoms with Gasteiger partial charge in [-0.25, -0.2) is 4.98 Å². The summed E-state index contributed by atoms with van der Waals surface area (Å²) in [6.45, 7) is 9.03. The molecule has 2 aliphatic heterocycles. The second-order valence-electron chi connectivity index (χ2n) is 8.93. The molecule has 0 unspecified atom stereocenters. The highest BCUT2D eigenvalue weighted by Crippen LogP contribution is 2.23. The molecule has 1 saturated heterocycles. The van der Waals surface area contributed by atoms with Crippen LogP contribution in [0, 0.1) is 6.92 Å². The van der Waals surface area contributed by atoms with E-state index in [4.69, 9.17) is 4.99 Å². The second-order valence-corrected chi connectivity index (χ2v) is 8.93. The molecule has 3 heterocycles. The molecule has 2 aliphatic rings. The highest BCUT2D eigenvalue weighted by Gasteiger charge is 2.23. The van der Waals surface area contributed by atoms with Crippen LogP contribution in [0.3, 0.4) is 0 Å². The number of carbonyl (C=O) groups is 1. The number of hydrogen-bond donors (Lipinski definition) is 2. The molecule has 1 fully saturated rings. The van der Waals surface area contributed by atoms with Crippen molar-refractivity contribution in [2.75, 3.05) is 31.1 Å². The summed E-state index contributed by atoms with van der Waals surface area (Å²) < 4.78 is 0. The quantitative estimate of drug-likeness (QED) is 0.387. The van der Waals surface area contributed by atoms with Gasteiger partial charge in [-0.2, -0.15) is 0 Å². The first-order valence-electron chi connectivity index (χ1n) is 12.2. The number of nitrogens with zero attached hydrogens (tertiary/aromatic N) is 4. The first-order valence-corrected chi connectivity index (χ1v) is 12.2. The van der Waals surface area contributed by atoms with Crippen LogP contribution in [0.15, 0.2) is 47.5 Å². The van der Waals surface area contributed by atoms with Crippen LogP contribution in [0.2, 0.25) is 0 Å². The molecule has 7 heteroatoms. The summed E-state index contributed by atoms with van der Waals surface area (Å²) in [5.41, 5.74) is 3.60. The van der Waals surface area contributed by atoms with Crippen LogP contribution in [0.4, 0.5) is 5.82 Å². The van der Waals surface area contributed by atoms with Gasteiger partial charge in [-0.1, -0.05) is 30.3 Å². The van der Waals surface area contributed by atoms with Crippen LogP contribution >= 0.6 is 0 Å². The number of rotatable bonds is 7. The van der Waals surface area contributed by atoms with Crippen molar-refractivity contribution in [3.05, 3.63) is 59.3 Å². The molecule has 0 spiro atoms. The highest BCUT2D eigenvalue weighted by molar-refractivity contribution is 5.80. The Balaban J connectivity index is 1.20. The summed E-state index contributed by atoms with van der Waals surface area (Å²) in [6.07, 6.45) is 3.40. The molecule has 0 saturated carbocycles. The van der Waals surface area contributed by atoms with E-state index in [-0.39, 0.29) is 5.91 Å². The smallest absolute Gasteiger partial charge is 0.223 e. The van der Waals surface area contributed by atoms with Crippen molar-refractivity contribution in [3.8, 4) is 0 Å². The molecule has 0 aliphatic carbocycles. The van der Waals surface area contributed by atoms with Gasteiger partial charge in [0, 0.05) is 57.4 Å². The van der Waals surface area contributed by atoms with E-state index in [1.807, 2.05) is 30.0 Å². The van der Waals surface area contributed by atoms with Gasteiger partial charge in [-0.3, -0.25) is 9.79 Å². The standard InChI is InChI=1S/C26H36N6O/c1-3-27-26(30-23-13-16-31(17-14-23)24-11-6-8-20(2)29-24)28-15-7-12-25(33)32-18-21-9-4-5-10-22(21)19-32/h4-6,8-11,23H,3,7,12-19H2,1-2H3,(H2,27,28,30).